The van der Waals surface area contributed by atoms with E-state index in [1.165, 1.54) is 6.33 Å². The summed E-state index contributed by atoms with van der Waals surface area (Å²) in [6.07, 6.45) is 4.12. The van der Waals surface area contributed by atoms with Crippen LogP contribution in [0.3, 0.4) is 0 Å². The number of ether oxygens (including phenoxy) is 2. The first kappa shape index (κ1) is 20.4. The number of aromatic nitrogens is 3. The fraction of sp³-hybridized carbons (Fsp3) is 0.375. The van der Waals surface area contributed by atoms with Gasteiger partial charge in [-0.15, -0.1) is 0 Å². The van der Waals surface area contributed by atoms with Gasteiger partial charge in [0.1, 0.15) is 29.1 Å². The molecule has 0 atom stereocenters. The van der Waals surface area contributed by atoms with E-state index in [0.29, 0.717) is 43.1 Å². The van der Waals surface area contributed by atoms with Crippen molar-refractivity contribution in [2.24, 2.45) is 0 Å². The highest BCUT2D eigenvalue weighted by Crippen LogP contribution is 2.31. The normalized spacial score (nSPS) is 14.7. The highest BCUT2D eigenvalue weighted by molar-refractivity contribution is 5.98. The Bertz CT molecular complexity index is 1180. The van der Waals surface area contributed by atoms with Crippen molar-refractivity contribution < 1.29 is 15.6 Å². The lowest BCUT2D eigenvalue weighted by molar-refractivity contribution is 0.0273. The predicted molar refractivity (Wildman–Crippen MR) is 125 cm³/mol. The number of nitrogens with zero attached hydrogens (tertiary/aromatic N) is 3. The molecule has 8 nitrogen and oxygen atoms in total. The molecule has 32 heavy (non-hydrogen) atoms. The molecule has 4 rings (SSSR count). The number of methoxy groups -OCH3 is 1. The van der Waals surface area contributed by atoms with E-state index in [2.05, 4.69) is 26.3 Å². The van der Waals surface area contributed by atoms with E-state index < -0.39 is 5.60 Å². The van der Waals surface area contributed by atoms with Gasteiger partial charge in [-0.25, -0.2) is 14.8 Å². The van der Waals surface area contributed by atoms with E-state index in [1.54, 1.807) is 12.0 Å². The minimum absolute atomic E-state index is 0.246. The molecule has 2 aromatic heterocycles. The summed E-state index contributed by atoms with van der Waals surface area (Å²) in [5, 5.41) is 4.12. The summed E-state index contributed by atoms with van der Waals surface area (Å²) >= 11 is 0. The van der Waals surface area contributed by atoms with Crippen LogP contribution in [-0.2, 0) is 11.3 Å². The number of carbonyl (C=O) groups is 1. The molecule has 8 heteroatoms. The van der Waals surface area contributed by atoms with Gasteiger partial charge in [0.2, 0.25) is 0 Å². The molecule has 0 saturated heterocycles. The zero-order valence-electron chi connectivity index (χ0n) is 19.9. The minimum atomic E-state index is -0.563. The van der Waals surface area contributed by atoms with Crippen LogP contribution in [0.5, 0.6) is 5.75 Å². The lowest BCUT2D eigenvalue weighted by Gasteiger charge is -2.30. The summed E-state index contributed by atoms with van der Waals surface area (Å²) in [7, 11) is 1.64. The Morgan fingerprint density at radius 1 is 1.28 bits per heavy atom. The highest BCUT2D eigenvalue weighted by Gasteiger charge is 2.26. The molecule has 3 heterocycles. The second kappa shape index (κ2) is 8.90. The molecule has 0 fully saturated rings. The number of carbonyl (C=O) groups excluding carboxylic acids is 1. The summed E-state index contributed by atoms with van der Waals surface area (Å²) in [5.74, 6) is 1.43. The summed E-state index contributed by atoms with van der Waals surface area (Å²) < 4.78 is 19.3. The third-order valence-electron chi connectivity index (χ3n) is 5.15. The van der Waals surface area contributed by atoms with E-state index in [4.69, 9.17) is 10.8 Å². The van der Waals surface area contributed by atoms with Gasteiger partial charge in [0.15, 0.2) is 0 Å². The number of benzene rings is 1. The molecule has 1 aromatic carbocycles. The molecule has 2 N–H and O–H groups in total. The summed E-state index contributed by atoms with van der Waals surface area (Å²) in [6, 6.07) is 7.80. The largest absolute Gasteiger partial charge is 0.497 e. The number of hydrogen-bond donors (Lipinski definition) is 2. The Kier molecular flexibility index (Phi) is 5.66. The molecule has 1 aliphatic heterocycles. The molecule has 0 saturated carbocycles. The van der Waals surface area contributed by atoms with Crippen LogP contribution in [0.4, 0.5) is 10.6 Å². The lowest BCUT2D eigenvalue weighted by Crippen LogP contribution is -2.39. The maximum Gasteiger partial charge on any atom is 0.410 e. The standard InChI is InChI=1S/C24H29N5O3/c1-24(2,3)32-23(30)29-11-5-6-17(14-29)19-13-26-22-20(19)21(27-15-28-22)25-12-16-7-9-18(31-4)10-8-16/h6-10,13,15H,5,11-12,14H2,1-4H3,(H2,25,26,27,28)/i13D. The van der Waals surface area contributed by atoms with Crippen molar-refractivity contribution in [3.63, 3.8) is 0 Å². The maximum atomic E-state index is 12.6. The Morgan fingerprint density at radius 2 is 2.06 bits per heavy atom. The van der Waals surface area contributed by atoms with Crippen molar-refractivity contribution in [3.8, 4) is 5.75 Å². The van der Waals surface area contributed by atoms with E-state index in [9.17, 15) is 4.79 Å². The molecule has 0 radical (unpaired) electrons. The van der Waals surface area contributed by atoms with Gasteiger partial charge >= 0.3 is 6.09 Å². The molecule has 0 spiro atoms. The quantitative estimate of drug-likeness (QED) is 0.607. The average molecular weight is 437 g/mol. The van der Waals surface area contributed by atoms with Crippen LogP contribution < -0.4 is 10.1 Å². The van der Waals surface area contributed by atoms with Crippen LogP contribution >= 0.6 is 0 Å². The van der Waals surface area contributed by atoms with E-state index >= 15 is 0 Å². The smallest absolute Gasteiger partial charge is 0.410 e. The van der Waals surface area contributed by atoms with Crippen LogP contribution in [0.25, 0.3) is 16.6 Å². The zero-order chi connectivity index (χ0) is 23.6. The SMILES string of the molecule is [2H]c1[nH]c2ncnc(NCc3ccc(OC)cc3)c2c1C1=CCCN(C(=O)OC(C)(C)C)C1. The molecule has 168 valence electrons. The van der Waals surface area contributed by atoms with E-state index in [1.807, 2.05) is 45.0 Å². The number of hydrogen-bond acceptors (Lipinski definition) is 6. The Labute approximate surface area is 189 Å². The first-order chi connectivity index (χ1) is 15.7. The number of H-pyrrole nitrogens is 1. The Balaban J connectivity index is 1.60. The highest BCUT2D eigenvalue weighted by atomic mass is 16.6. The van der Waals surface area contributed by atoms with E-state index in [0.717, 1.165) is 22.3 Å². The number of rotatable bonds is 5. The van der Waals surface area contributed by atoms with Crippen LogP contribution in [0.2, 0.25) is 0 Å². The second-order valence-electron chi connectivity index (χ2n) is 8.69. The third kappa shape index (κ3) is 4.85. The minimum Gasteiger partial charge on any atom is -0.497 e. The summed E-state index contributed by atoms with van der Waals surface area (Å²) in [6.45, 7) is 7.05. The fourth-order valence-electron chi connectivity index (χ4n) is 3.61. The number of fused-ring (bicyclic) bond motifs is 1. The van der Waals surface area contributed by atoms with Gasteiger partial charge in [0, 0.05) is 31.4 Å². The number of anilines is 1. The Hall–Kier alpha value is -3.55. The monoisotopic (exact) mass is 436 g/mol. The third-order valence-corrected chi connectivity index (χ3v) is 5.15. The first-order valence-electron chi connectivity index (χ1n) is 11.1. The van der Waals surface area contributed by atoms with Crippen LogP contribution in [-0.4, -0.2) is 51.7 Å². The number of aromatic amines is 1. The molecule has 1 aliphatic rings. The molecular weight excluding hydrogens is 406 g/mol. The maximum absolute atomic E-state index is 12.6. The molecular formula is C24H29N5O3. The lowest BCUT2D eigenvalue weighted by atomic mass is 10.0. The van der Waals surface area contributed by atoms with Crippen molar-refractivity contribution >= 4 is 28.5 Å². The number of amides is 1. The van der Waals surface area contributed by atoms with Crippen molar-refractivity contribution in [2.45, 2.75) is 39.3 Å². The zero-order valence-corrected chi connectivity index (χ0v) is 18.9. The van der Waals surface area contributed by atoms with Gasteiger partial charge in [-0.1, -0.05) is 18.2 Å². The van der Waals surface area contributed by atoms with Gasteiger partial charge in [-0.2, -0.15) is 0 Å². The van der Waals surface area contributed by atoms with Gasteiger partial charge in [0.25, 0.3) is 0 Å². The second-order valence-corrected chi connectivity index (χ2v) is 8.69. The van der Waals surface area contributed by atoms with Crippen LogP contribution in [0, 0.1) is 0 Å². The van der Waals surface area contributed by atoms with Gasteiger partial charge in [0.05, 0.1) is 13.9 Å². The van der Waals surface area contributed by atoms with Crippen LogP contribution in [0.1, 0.15) is 39.7 Å². The molecule has 0 aliphatic carbocycles. The number of nitrogens with one attached hydrogen (secondary N) is 2. The average Bonchev–Trinajstić information content (AvgIpc) is 3.13. The molecule has 1 amide bonds. The fourth-order valence-corrected chi connectivity index (χ4v) is 3.61. The molecule has 0 unspecified atom stereocenters. The van der Waals surface area contributed by atoms with Crippen molar-refractivity contribution in [1.82, 2.24) is 19.9 Å². The van der Waals surface area contributed by atoms with Crippen molar-refractivity contribution in [2.75, 3.05) is 25.5 Å². The summed E-state index contributed by atoms with van der Waals surface area (Å²) in [4.78, 5) is 26.1. The predicted octanol–water partition coefficient (Wildman–Crippen LogP) is 4.60. The van der Waals surface area contributed by atoms with Crippen molar-refractivity contribution in [1.29, 1.82) is 0 Å². The Morgan fingerprint density at radius 3 is 2.78 bits per heavy atom. The van der Waals surface area contributed by atoms with Gasteiger partial charge in [-0.05, 0) is 50.5 Å². The molecule has 3 aromatic rings. The topological polar surface area (TPSA) is 92.4 Å². The van der Waals surface area contributed by atoms with E-state index in [-0.39, 0.29) is 12.3 Å². The summed E-state index contributed by atoms with van der Waals surface area (Å²) in [5.41, 5.74) is 2.67. The van der Waals surface area contributed by atoms with Crippen LogP contribution in [0.15, 0.2) is 42.8 Å². The van der Waals surface area contributed by atoms with Gasteiger partial charge in [-0.3, -0.25) is 0 Å². The first-order valence-corrected chi connectivity index (χ1v) is 10.6. The van der Waals surface area contributed by atoms with Gasteiger partial charge < -0.3 is 24.7 Å². The molecule has 0 bridgehead atoms. The van der Waals surface area contributed by atoms with Crippen molar-refractivity contribution in [3.05, 3.63) is 54.0 Å².